The second-order valence-electron chi connectivity index (χ2n) is 3.74. The molecule has 0 aliphatic rings. The van der Waals surface area contributed by atoms with Gasteiger partial charge in [0.05, 0.1) is 13.0 Å². The lowest BCUT2D eigenvalue weighted by molar-refractivity contribution is -0.143. The molecule has 3 nitrogen and oxygen atoms in total. The summed E-state index contributed by atoms with van der Waals surface area (Å²) in [6, 6.07) is 7.35. The van der Waals surface area contributed by atoms with E-state index in [0.717, 1.165) is 15.0 Å². The smallest absolute Gasteiger partial charge is 0.306 e. The van der Waals surface area contributed by atoms with E-state index in [1.54, 1.807) is 30.4 Å². The summed E-state index contributed by atoms with van der Waals surface area (Å²) in [5.41, 5.74) is 0. The highest BCUT2D eigenvalue weighted by atomic mass is 32.1. The summed E-state index contributed by atoms with van der Waals surface area (Å²) in [5, 5.41) is 10.5. The number of hydrogen-bond donors (Lipinski definition) is 1. The van der Waals surface area contributed by atoms with Gasteiger partial charge >= 0.3 is 5.97 Å². The molecule has 2 rings (SSSR count). The highest BCUT2D eigenvalue weighted by Gasteiger charge is 2.06. The van der Waals surface area contributed by atoms with E-state index in [4.69, 9.17) is 4.74 Å². The third-order valence-electron chi connectivity index (χ3n) is 2.44. The fraction of sp³-hybridized carbons (Fsp3) is 0.308. The van der Waals surface area contributed by atoms with Crippen LogP contribution in [0.3, 0.4) is 0 Å². The van der Waals surface area contributed by atoms with Crippen molar-refractivity contribution >= 4 is 27.4 Å². The summed E-state index contributed by atoms with van der Waals surface area (Å²) in [4.78, 5) is 12.4. The highest BCUT2D eigenvalue weighted by Crippen LogP contribution is 2.29. The second-order valence-corrected chi connectivity index (χ2v) is 4.91. The number of phenols is 1. The first kappa shape index (κ1) is 11.9. The van der Waals surface area contributed by atoms with Gasteiger partial charge in [-0.2, -0.15) is 0 Å². The Labute approximate surface area is 104 Å². The number of thiophene rings is 1. The summed E-state index contributed by atoms with van der Waals surface area (Å²) in [6.07, 6.45) is 1.10. The van der Waals surface area contributed by atoms with Crippen LogP contribution in [0, 0.1) is 0 Å². The van der Waals surface area contributed by atoms with Gasteiger partial charge in [-0.15, -0.1) is 11.3 Å². The monoisotopic (exact) mass is 250 g/mol. The van der Waals surface area contributed by atoms with Gasteiger partial charge in [-0.1, -0.05) is 0 Å². The largest absolute Gasteiger partial charge is 0.508 e. The lowest BCUT2D eigenvalue weighted by atomic mass is 10.2. The zero-order valence-electron chi connectivity index (χ0n) is 9.60. The number of hydrogen-bond acceptors (Lipinski definition) is 4. The Morgan fingerprint density at radius 1 is 1.41 bits per heavy atom. The van der Waals surface area contributed by atoms with Gasteiger partial charge in [-0.25, -0.2) is 0 Å². The molecule has 1 aromatic heterocycles. The van der Waals surface area contributed by atoms with E-state index < -0.39 is 0 Å². The fourth-order valence-electron chi connectivity index (χ4n) is 1.66. The van der Waals surface area contributed by atoms with Crippen molar-refractivity contribution in [2.75, 3.05) is 6.61 Å². The number of fused-ring (bicyclic) bond motifs is 1. The lowest BCUT2D eigenvalue weighted by Gasteiger charge is -1.99. The van der Waals surface area contributed by atoms with Crippen LogP contribution in [0.2, 0.25) is 0 Å². The summed E-state index contributed by atoms with van der Waals surface area (Å²) in [6.45, 7) is 2.24. The minimum atomic E-state index is -0.159. The van der Waals surface area contributed by atoms with Gasteiger partial charge in [0, 0.05) is 9.58 Å². The molecule has 1 N–H and O–H groups in total. The lowest BCUT2D eigenvalue weighted by Crippen LogP contribution is -2.04. The van der Waals surface area contributed by atoms with E-state index in [1.807, 2.05) is 6.07 Å². The molecule has 0 amide bonds. The predicted octanol–water partition coefficient (Wildman–Crippen LogP) is 3.10. The van der Waals surface area contributed by atoms with Gasteiger partial charge in [0.25, 0.3) is 0 Å². The molecule has 4 heteroatoms. The van der Waals surface area contributed by atoms with E-state index in [9.17, 15) is 9.90 Å². The van der Waals surface area contributed by atoms with E-state index >= 15 is 0 Å². The molecule has 0 radical (unpaired) electrons. The zero-order valence-corrected chi connectivity index (χ0v) is 10.4. The Kier molecular flexibility index (Phi) is 3.64. The maximum Gasteiger partial charge on any atom is 0.306 e. The fourth-order valence-corrected chi connectivity index (χ4v) is 2.75. The molecule has 0 saturated heterocycles. The Balaban J connectivity index is 2.07. The zero-order chi connectivity index (χ0) is 12.3. The van der Waals surface area contributed by atoms with Crippen LogP contribution >= 0.6 is 11.3 Å². The van der Waals surface area contributed by atoms with Crippen molar-refractivity contribution in [3.8, 4) is 5.75 Å². The first-order chi connectivity index (χ1) is 8.19. The average Bonchev–Trinajstić information content (AvgIpc) is 2.68. The molecule has 2 aromatic rings. The van der Waals surface area contributed by atoms with Gasteiger partial charge in [-0.3, -0.25) is 4.79 Å². The number of aromatic hydroxyl groups is 1. The maximum atomic E-state index is 11.2. The first-order valence-corrected chi connectivity index (χ1v) is 6.37. The molecular weight excluding hydrogens is 236 g/mol. The quantitative estimate of drug-likeness (QED) is 0.848. The number of phenolic OH excluding ortho intramolecular Hbond substituents is 1. The van der Waals surface area contributed by atoms with Crippen molar-refractivity contribution in [2.24, 2.45) is 0 Å². The van der Waals surface area contributed by atoms with E-state index in [1.165, 1.54) is 0 Å². The van der Waals surface area contributed by atoms with Gasteiger partial charge in [0.1, 0.15) is 5.75 Å². The third kappa shape index (κ3) is 2.97. The Morgan fingerprint density at radius 3 is 3.00 bits per heavy atom. The third-order valence-corrected chi connectivity index (χ3v) is 3.59. The normalized spacial score (nSPS) is 10.6. The molecule has 0 fully saturated rings. The number of carbonyl (C=O) groups is 1. The molecule has 0 unspecified atom stereocenters. The summed E-state index contributed by atoms with van der Waals surface area (Å²) in [5.74, 6) is 0.115. The molecule has 1 aromatic carbocycles. The second kappa shape index (κ2) is 5.19. The van der Waals surface area contributed by atoms with Crippen LogP contribution in [0.25, 0.3) is 10.1 Å². The number of benzene rings is 1. The van der Waals surface area contributed by atoms with Crippen LogP contribution in [-0.2, 0) is 16.0 Å². The van der Waals surface area contributed by atoms with Crippen LogP contribution in [0.5, 0.6) is 5.75 Å². The van der Waals surface area contributed by atoms with Gasteiger partial charge in [-0.05, 0) is 43.0 Å². The number of rotatable bonds is 4. The molecule has 0 aliphatic carbocycles. The van der Waals surface area contributed by atoms with Crippen molar-refractivity contribution in [3.63, 3.8) is 0 Å². The minimum Gasteiger partial charge on any atom is -0.508 e. The summed E-state index contributed by atoms with van der Waals surface area (Å²) < 4.78 is 5.93. The van der Waals surface area contributed by atoms with Crippen molar-refractivity contribution in [2.45, 2.75) is 19.8 Å². The topological polar surface area (TPSA) is 46.5 Å². The van der Waals surface area contributed by atoms with Crippen molar-refractivity contribution in [1.82, 2.24) is 0 Å². The molecule has 90 valence electrons. The molecule has 0 aliphatic heterocycles. The van der Waals surface area contributed by atoms with E-state index in [-0.39, 0.29) is 11.7 Å². The summed E-state index contributed by atoms with van der Waals surface area (Å²) in [7, 11) is 0. The minimum absolute atomic E-state index is 0.159. The number of ether oxygens (including phenoxy) is 1. The number of carbonyl (C=O) groups excluding carboxylic acids is 1. The molecular formula is C13H14O3S. The Morgan fingerprint density at radius 2 is 2.24 bits per heavy atom. The van der Waals surface area contributed by atoms with Crippen molar-refractivity contribution in [1.29, 1.82) is 0 Å². The van der Waals surface area contributed by atoms with Gasteiger partial charge in [0.2, 0.25) is 0 Å². The van der Waals surface area contributed by atoms with Crippen LogP contribution < -0.4 is 0 Å². The maximum absolute atomic E-state index is 11.2. The Bertz CT molecular complexity index is 530. The highest BCUT2D eigenvalue weighted by molar-refractivity contribution is 7.19. The van der Waals surface area contributed by atoms with E-state index in [2.05, 4.69) is 6.07 Å². The van der Waals surface area contributed by atoms with Crippen LogP contribution in [0.15, 0.2) is 24.3 Å². The molecule has 17 heavy (non-hydrogen) atoms. The molecule has 0 saturated carbocycles. The van der Waals surface area contributed by atoms with E-state index in [0.29, 0.717) is 19.4 Å². The standard InChI is InChI=1S/C13H14O3S/c1-2-16-13(15)6-5-11-7-9-3-4-10(14)8-12(9)17-11/h3-4,7-8,14H,2,5-6H2,1H3. The van der Waals surface area contributed by atoms with Gasteiger partial charge in [0.15, 0.2) is 0 Å². The van der Waals surface area contributed by atoms with Crippen LogP contribution in [-0.4, -0.2) is 17.7 Å². The van der Waals surface area contributed by atoms with Crippen molar-refractivity contribution < 1.29 is 14.6 Å². The molecule has 1 heterocycles. The SMILES string of the molecule is CCOC(=O)CCc1cc2ccc(O)cc2s1. The first-order valence-electron chi connectivity index (χ1n) is 5.56. The van der Waals surface area contributed by atoms with Crippen LogP contribution in [0.4, 0.5) is 0 Å². The molecule has 0 spiro atoms. The number of aryl methyl sites for hydroxylation is 1. The number of esters is 1. The summed E-state index contributed by atoms with van der Waals surface area (Å²) >= 11 is 1.60. The van der Waals surface area contributed by atoms with Gasteiger partial charge < -0.3 is 9.84 Å². The average molecular weight is 250 g/mol. The molecule has 0 atom stereocenters. The van der Waals surface area contributed by atoms with Crippen molar-refractivity contribution in [3.05, 3.63) is 29.1 Å². The van der Waals surface area contributed by atoms with Crippen LogP contribution in [0.1, 0.15) is 18.2 Å². The predicted molar refractivity (Wildman–Crippen MR) is 68.4 cm³/mol. The Hall–Kier alpha value is -1.55. The molecule has 0 bridgehead atoms.